The van der Waals surface area contributed by atoms with Gasteiger partial charge in [0.15, 0.2) is 5.58 Å². The molecule has 0 aliphatic heterocycles. The first-order valence-corrected chi connectivity index (χ1v) is 7.25. The molecule has 3 rings (SSSR count). The van der Waals surface area contributed by atoms with Crippen molar-refractivity contribution < 1.29 is 9.52 Å². The van der Waals surface area contributed by atoms with Gasteiger partial charge in [-0.05, 0) is 41.9 Å². The summed E-state index contributed by atoms with van der Waals surface area (Å²) >= 11 is 0. The normalized spacial score (nSPS) is 22.1. The van der Waals surface area contributed by atoms with Crippen molar-refractivity contribution in [2.24, 2.45) is 11.3 Å². The molecule has 1 aliphatic rings. The van der Waals surface area contributed by atoms with Crippen molar-refractivity contribution in [3.8, 4) is 0 Å². The molecule has 0 amide bonds. The fourth-order valence-corrected chi connectivity index (χ4v) is 2.98. The van der Waals surface area contributed by atoms with Crippen LogP contribution in [0.15, 0.2) is 27.4 Å². The highest BCUT2D eigenvalue weighted by molar-refractivity contribution is 5.74. The second-order valence-electron chi connectivity index (χ2n) is 6.49. The van der Waals surface area contributed by atoms with E-state index in [1.165, 1.54) is 0 Å². The summed E-state index contributed by atoms with van der Waals surface area (Å²) in [5, 5.41) is 10.4. The Bertz CT molecular complexity index is 695. The van der Waals surface area contributed by atoms with E-state index in [2.05, 4.69) is 13.8 Å². The minimum absolute atomic E-state index is 0.212. The van der Waals surface area contributed by atoms with E-state index in [0.717, 1.165) is 23.9 Å². The van der Waals surface area contributed by atoms with Crippen LogP contribution in [0.5, 0.6) is 0 Å². The molecule has 2 atom stereocenters. The van der Waals surface area contributed by atoms with Crippen molar-refractivity contribution in [3.63, 3.8) is 0 Å². The molecule has 1 aliphatic carbocycles. The summed E-state index contributed by atoms with van der Waals surface area (Å²) in [4.78, 5) is 11.8. The molecule has 1 aromatic heterocycles. The smallest absolute Gasteiger partial charge is 0.408 e. The van der Waals surface area contributed by atoms with Gasteiger partial charge in [0.1, 0.15) is 0 Å². The van der Waals surface area contributed by atoms with Crippen molar-refractivity contribution in [2.75, 3.05) is 0 Å². The van der Waals surface area contributed by atoms with Crippen LogP contribution in [0, 0.1) is 11.3 Å². The lowest BCUT2D eigenvalue weighted by Gasteiger charge is -2.12. The lowest BCUT2D eigenvalue weighted by Crippen LogP contribution is -2.13. The number of nitrogens with zero attached hydrogens (tertiary/aromatic N) is 1. The maximum absolute atomic E-state index is 11.8. The summed E-state index contributed by atoms with van der Waals surface area (Å²) in [5.74, 6) is -0.0235. The first-order valence-electron chi connectivity index (χ1n) is 7.25. The van der Waals surface area contributed by atoms with Gasteiger partial charge in [-0.2, -0.15) is 0 Å². The number of fused-ring (bicyclic) bond motifs is 1. The van der Waals surface area contributed by atoms with Crippen LogP contribution < -0.4 is 5.76 Å². The van der Waals surface area contributed by atoms with E-state index in [1.807, 2.05) is 25.1 Å². The summed E-state index contributed by atoms with van der Waals surface area (Å²) in [6.07, 6.45) is 1.44. The third-order valence-electron chi connectivity index (χ3n) is 4.45. The van der Waals surface area contributed by atoms with Gasteiger partial charge in [-0.25, -0.2) is 4.79 Å². The molecule has 1 aromatic carbocycles. The number of aryl methyl sites for hydroxylation is 1. The van der Waals surface area contributed by atoms with E-state index in [4.69, 9.17) is 4.42 Å². The molecule has 0 radical (unpaired) electrons. The lowest BCUT2D eigenvalue weighted by atomic mass is 9.99. The van der Waals surface area contributed by atoms with E-state index >= 15 is 0 Å². The van der Waals surface area contributed by atoms with Crippen LogP contribution in [-0.2, 0) is 6.54 Å². The van der Waals surface area contributed by atoms with E-state index in [-0.39, 0.29) is 11.2 Å². The molecule has 2 unspecified atom stereocenters. The van der Waals surface area contributed by atoms with Gasteiger partial charge in [0, 0.05) is 6.54 Å². The third-order valence-corrected chi connectivity index (χ3v) is 4.45. The van der Waals surface area contributed by atoms with Gasteiger partial charge in [-0.1, -0.05) is 26.8 Å². The van der Waals surface area contributed by atoms with E-state index in [1.54, 1.807) is 4.57 Å². The zero-order chi connectivity index (χ0) is 14.5. The number of aliphatic hydroxyl groups excluding tert-OH is 1. The average molecular weight is 275 g/mol. The monoisotopic (exact) mass is 275 g/mol. The standard InChI is InChI=1S/C16H21NO3/c1-4-7-17-12-6-5-10(8-13(12)20-15(17)19)14(18)11-9-16(11,2)3/h5-6,8,11,14,18H,4,7,9H2,1-3H3. The van der Waals surface area contributed by atoms with Crippen molar-refractivity contribution in [3.05, 3.63) is 34.3 Å². The Morgan fingerprint density at radius 3 is 2.80 bits per heavy atom. The summed E-state index contributed by atoms with van der Waals surface area (Å²) in [6.45, 7) is 7.01. The van der Waals surface area contributed by atoms with Gasteiger partial charge in [0.25, 0.3) is 0 Å². The van der Waals surface area contributed by atoms with Gasteiger partial charge < -0.3 is 9.52 Å². The number of aliphatic hydroxyl groups is 1. The zero-order valence-electron chi connectivity index (χ0n) is 12.2. The first kappa shape index (κ1) is 13.4. The molecule has 20 heavy (non-hydrogen) atoms. The molecule has 1 fully saturated rings. The minimum atomic E-state index is -0.478. The number of hydrogen-bond donors (Lipinski definition) is 1. The number of oxazole rings is 1. The van der Waals surface area contributed by atoms with Gasteiger partial charge >= 0.3 is 5.76 Å². The van der Waals surface area contributed by atoms with Crippen LogP contribution in [0.2, 0.25) is 0 Å². The van der Waals surface area contributed by atoms with Crippen LogP contribution >= 0.6 is 0 Å². The Kier molecular flexibility index (Phi) is 3.01. The average Bonchev–Trinajstić information content (AvgIpc) is 2.92. The minimum Gasteiger partial charge on any atom is -0.408 e. The number of hydrogen-bond acceptors (Lipinski definition) is 3. The van der Waals surface area contributed by atoms with E-state index in [0.29, 0.717) is 18.0 Å². The Morgan fingerprint density at radius 1 is 1.50 bits per heavy atom. The predicted octanol–water partition coefficient (Wildman–Crippen LogP) is 3.08. The predicted molar refractivity (Wildman–Crippen MR) is 77.6 cm³/mol. The quantitative estimate of drug-likeness (QED) is 0.933. The second kappa shape index (κ2) is 4.48. The van der Waals surface area contributed by atoms with Crippen LogP contribution in [-0.4, -0.2) is 9.67 Å². The van der Waals surface area contributed by atoms with Crippen molar-refractivity contribution in [2.45, 2.75) is 46.3 Å². The second-order valence-corrected chi connectivity index (χ2v) is 6.49. The Morgan fingerprint density at radius 2 is 2.20 bits per heavy atom. The maximum Gasteiger partial charge on any atom is 0.419 e. The number of aromatic nitrogens is 1. The summed E-state index contributed by atoms with van der Waals surface area (Å²) in [7, 11) is 0. The number of benzene rings is 1. The Labute approximate surface area is 118 Å². The third kappa shape index (κ3) is 2.08. The van der Waals surface area contributed by atoms with Gasteiger partial charge in [0.2, 0.25) is 0 Å². The maximum atomic E-state index is 11.8. The topological polar surface area (TPSA) is 55.4 Å². The lowest BCUT2D eigenvalue weighted by molar-refractivity contribution is 0.138. The molecule has 1 saturated carbocycles. The first-order chi connectivity index (χ1) is 9.44. The number of rotatable bonds is 4. The van der Waals surface area contributed by atoms with Crippen LogP contribution in [0.1, 0.15) is 45.3 Å². The van der Waals surface area contributed by atoms with Gasteiger partial charge in [-0.3, -0.25) is 4.57 Å². The SMILES string of the molecule is CCCn1c(=O)oc2cc(C(O)C3CC3(C)C)ccc21. The molecular formula is C16H21NO3. The molecule has 4 heteroatoms. The molecule has 1 heterocycles. The van der Waals surface area contributed by atoms with Crippen LogP contribution in [0.3, 0.4) is 0 Å². The molecule has 1 N–H and O–H groups in total. The Hall–Kier alpha value is -1.55. The molecule has 2 aromatic rings. The fourth-order valence-electron chi connectivity index (χ4n) is 2.98. The molecule has 0 spiro atoms. The largest absolute Gasteiger partial charge is 0.419 e. The molecule has 0 saturated heterocycles. The highest BCUT2D eigenvalue weighted by atomic mass is 16.4. The van der Waals surface area contributed by atoms with Gasteiger partial charge in [-0.15, -0.1) is 0 Å². The van der Waals surface area contributed by atoms with Crippen molar-refractivity contribution in [1.29, 1.82) is 0 Å². The van der Waals surface area contributed by atoms with Gasteiger partial charge in [0.05, 0.1) is 11.6 Å². The molecule has 0 bridgehead atoms. The van der Waals surface area contributed by atoms with E-state index in [9.17, 15) is 9.90 Å². The van der Waals surface area contributed by atoms with E-state index < -0.39 is 6.10 Å². The van der Waals surface area contributed by atoms with Crippen LogP contribution in [0.4, 0.5) is 0 Å². The molecule has 108 valence electrons. The molecule has 4 nitrogen and oxygen atoms in total. The molecular weight excluding hydrogens is 254 g/mol. The summed E-state index contributed by atoms with van der Waals surface area (Å²) in [6, 6.07) is 5.59. The van der Waals surface area contributed by atoms with Crippen molar-refractivity contribution in [1.82, 2.24) is 4.57 Å². The highest BCUT2D eigenvalue weighted by Crippen LogP contribution is 2.57. The Balaban J connectivity index is 1.98. The van der Waals surface area contributed by atoms with Crippen molar-refractivity contribution >= 4 is 11.1 Å². The zero-order valence-corrected chi connectivity index (χ0v) is 12.2. The highest BCUT2D eigenvalue weighted by Gasteiger charge is 2.50. The fraction of sp³-hybridized carbons (Fsp3) is 0.562. The summed E-state index contributed by atoms with van der Waals surface area (Å²) in [5.41, 5.74) is 2.43. The summed E-state index contributed by atoms with van der Waals surface area (Å²) < 4.78 is 6.94. The van der Waals surface area contributed by atoms with Crippen LogP contribution in [0.25, 0.3) is 11.1 Å².